The maximum absolute atomic E-state index is 8.75. The number of nitrogen functional groups attached to an aromatic ring is 1. The summed E-state index contributed by atoms with van der Waals surface area (Å²) >= 11 is 6.16. The van der Waals surface area contributed by atoms with E-state index in [4.69, 9.17) is 22.4 Å². The van der Waals surface area contributed by atoms with Crippen molar-refractivity contribution in [1.82, 2.24) is 4.98 Å². The first kappa shape index (κ1) is 12.0. The van der Waals surface area contributed by atoms with Crippen LogP contribution in [0.2, 0.25) is 5.02 Å². The average Bonchev–Trinajstić information content (AvgIpc) is 2.34. The quantitative estimate of drug-likeness (QED) is 0.576. The Morgan fingerprint density at radius 3 is 2.94 bits per heavy atom. The molecule has 1 heterocycles. The third-order valence-electron chi connectivity index (χ3n) is 2.54. The summed E-state index contributed by atoms with van der Waals surface area (Å²) in [5, 5.41) is 14.2. The molecule has 0 radical (unpaired) electrons. The van der Waals surface area contributed by atoms with Crippen molar-refractivity contribution in [3.63, 3.8) is 0 Å². The number of aliphatic hydroxyl groups excluding tert-OH is 1. The molecule has 4 nitrogen and oxygen atoms in total. The van der Waals surface area contributed by atoms with E-state index in [0.29, 0.717) is 29.5 Å². The lowest BCUT2D eigenvalue weighted by Crippen LogP contribution is -2.05. The predicted molar refractivity (Wildman–Crippen MR) is 71.4 cm³/mol. The maximum atomic E-state index is 8.75. The molecule has 17 heavy (non-hydrogen) atoms. The van der Waals surface area contributed by atoms with Crippen molar-refractivity contribution in [1.29, 1.82) is 0 Å². The van der Waals surface area contributed by atoms with Gasteiger partial charge in [0.2, 0.25) is 0 Å². The van der Waals surface area contributed by atoms with Crippen LogP contribution < -0.4 is 11.1 Å². The van der Waals surface area contributed by atoms with Crippen LogP contribution in [-0.4, -0.2) is 23.2 Å². The van der Waals surface area contributed by atoms with Crippen molar-refractivity contribution in [3.05, 3.63) is 29.4 Å². The van der Waals surface area contributed by atoms with E-state index in [1.807, 2.05) is 6.07 Å². The zero-order valence-corrected chi connectivity index (χ0v) is 10.0. The molecule has 4 N–H and O–H groups in total. The van der Waals surface area contributed by atoms with Gasteiger partial charge in [0.25, 0.3) is 0 Å². The van der Waals surface area contributed by atoms with Crippen molar-refractivity contribution >= 4 is 33.9 Å². The highest BCUT2D eigenvalue weighted by molar-refractivity contribution is 6.37. The van der Waals surface area contributed by atoms with Gasteiger partial charge >= 0.3 is 0 Å². The van der Waals surface area contributed by atoms with E-state index in [1.165, 1.54) is 0 Å². The highest BCUT2D eigenvalue weighted by Gasteiger charge is 2.08. The monoisotopic (exact) mass is 251 g/mol. The number of benzene rings is 1. The fourth-order valence-corrected chi connectivity index (χ4v) is 1.95. The standard InChI is InChI=1S/C12H14ClN3O/c13-9-2-3-10(14)8-4-6-16-12(11(8)9)15-5-1-7-17/h2-4,6,17H,1,5,7,14H2,(H,15,16). The highest BCUT2D eigenvalue weighted by Crippen LogP contribution is 2.32. The molecule has 2 rings (SSSR count). The number of hydrogen-bond acceptors (Lipinski definition) is 4. The zero-order valence-electron chi connectivity index (χ0n) is 9.28. The number of aromatic nitrogens is 1. The first-order chi connectivity index (χ1) is 8.24. The summed E-state index contributed by atoms with van der Waals surface area (Å²) in [6, 6.07) is 5.38. The molecule has 90 valence electrons. The summed E-state index contributed by atoms with van der Waals surface area (Å²) in [6.45, 7) is 0.793. The van der Waals surface area contributed by atoms with E-state index in [9.17, 15) is 0 Å². The predicted octanol–water partition coefficient (Wildman–Crippen LogP) is 2.26. The average molecular weight is 252 g/mol. The second kappa shape index (κ2) is 5.21. The SMILES string of the molecule is Nc1ccc(Cl)c2c(NCCCO)nccc12. The molecule has 1 aromatic heterocycles. The molecule has 0 atom stereocenters. The number of hydrogen-bond donors (Lipinski definition) is 3. The lowest BCUT2D eigenvalue weighted by Gasteiger charge is -2.10. The van der Waals surface area contributed by atoms with Gasteiger partial charge in [-0.25, -0.2) is 4.98 Å². The van der Waals surface area contributed by atoms with E-state index in [1.54, 1.807) is 18.3 Å². The molecule has 0 aliphatic heterocycles. The lowest BCUT2D eigenvalue weighted by molar-refractivity contribution is 0.292. The number of halogens is 1. The molecule has 0 amide bonds. The molecular formula is C12H14ClN3O. The van der Waals surface area contributed by atoms with Crippen LogP contribution in [0.25, 0.3) is 10.8 Å². The Bertz CT molecular complexity index is 530. The minimum Gasteiger partial charge on any atom is -0.398 e. The zero-order chi connectivity index (χ0) is 12.3. The number of pyridine rings is 1. The van der Waals surface area contributed by atoms with Crippen LogP contribution in [0, 0.1) is 0 Å². The molecule has 0 aliphatic carbocycles. The molecule has 0 bridgehead atoms. The Labute approximate surface area is 104 Å². The number of nitrogens with one attached hydrogen (secondary N) is 1. The number of fused-ring (bicyclic) bond motifs is 1. The summed E-state index contributed by atoms with van der Waals surface area (Å²) in [6.07, 6.45) is 2.36. The van der Waals surface area contributed by atoms with Crippen LogP contribution in [0.3, 0.4) is 0 Å². The summed E-state index contributed by atoms with van der Waals surface area (Å²) in [5.41, 5.74) is 6.57. The van der Waals surface area contributed by atoms with Gasteiger partial charge in [0.1, 0.15) is 5.82 Å². The first-order valence-electron chi connectivity index (χ1n) is 5.41. The summed E-state index contributed by atoms with van der Waals surface area (Å²) in [5.74, 6) is 0.702. The molecule has 0 aliphatic rings. The van der Waals surface area contributed by atoms with Crippen molar-refractivity contribution < 1.29 is 5.11 Å². The van der Waals surface area contributed by atoms with E-state index in [2.05, 4.69) is 10.3 Å². The first-order valence-corrected chi connectivity index (χ1v) is 5.79. The molecule has 0 fully saturated rings. The van der Waals surface area contributed by atoms with Crippen molar-refractivity contribution in [2.45, 2.75) is 6.42 Å². The molecule has 5 heteroatoms. The third-order valence-corrected chi connectivity index (χ3v) is 2.85. The second-order valence-electron chi connectivity index (χ2n) is 3.72. The molecular weight excluding hydrogens is 238 g/mol. The Morgan fingerprint density at radius 2 is 2.18 bits per heavy atom. The Kier molecular flexibility index (Phi) is 3.66. The fraction of sp³-hybridized carbons (Fsp3) is 0.250. The van der Waals surface area contributed by atoms with Gasteiger partial charge in [-0.1, -0.05) is 11.6 Å². The van der Waals surface area contributed by atoms with Gasteiger partial charge in [-0.05, 0) is 24.6 Å². The van der Waals surface area contributed by atoms with Crippen LogP contribution in [0.1, 0.15) is 6.42 Å². The molecule has 0 saturated heterocycles. The van der Waals surface area contributed by atoms with Crippen molar-refractivity contribution in [3.8, 4) is 0 Å². The minimum atomic E-state index is 0.146. The molecule has 0 spiro atoms. The van der Waals surface area contributed by atoms with Gasteiger partial charge in [-0.2, -0.15) is 0 Å². The van der Waals surface area contributed by atoms with E-state index in [-0.39, 0.29) is 6.61 Å². The molecule has 2 aromatic rings. The van der Waals surface area contributed by atoms with Gasteiger partial charge in [-0.15, -0.1) is 0 Å². The van der Waals surface area contributed by atoms with Gasteiger partial charge in [0.05, 0.1) is 5.02 Å². The fourth-order valence-electron chi connectivity index (χ4n) is 1.70. The summed E-state index contributed by atoms with van der Waals surface area (Å²) in [7, 11) is 0. The highest BCUT2D eigenvalue weighted by atomic mass is 35.5. The number of aliphatic hydroxyl groups is 1. The third kappa shape index (κ3) is 2.43. The normalized spacial score (nSPS) is 10.7. The van der Waals surface area contributed by atoms with Gasteiger partial charge in [0, 0.05) is 35.8 Å². The molecule has 1 aromatic carbocycles. The topological polar surface area (TPSA) is 71.2 Å². The van der Waals surface area contributed by atoms with Crippen LogP contribution >= 0.6 is 11.6 Å². The molecule has 0 unspecified atom stereocenters. The van der Waals surface area contributed by atoms with Gasteiger partial charge in [-0.3, -0.25) is 0 Å². The largest absolute Gasteiger partial charge is 0.398 e. The Balaban J connectivity index is 2.45. The van der Waals surface area contributed by atoms with Crippen molar-refractivity contribution in [2.75, 3.05) is 24.2 Å². The lowest BCUT2D eigenvalue weighted by atomic mass is 10.1. The summed E-state index contributed by atoms with van der Waals surface area (Å²) < 4.78 is 0. The molecule has 0 saturated carbocycles. The van der Waals surface area contributed by atoms with Crippen LogP contribution in [0.4, 0.5) is 11.5 Å². The van der Waals surface area contributed by atoms with Crippen molar-refractivity contribution in [2.24, 2.45) is 0 Å². The van der Waals surface area contributed by atoms with Crippen LogP contribution in [0.15, 0.2) is 24.4 Å². The number of nitrogens with two attached hydrogens (primary N) is 1. The summed E-state index contributed by atoms with van der Waals surface area (Å²) in [4.78, 5) is 4.25. The number of nitrogens with zero attached hydrogens (tertiary/aromatic N) is 1. The van der Waals surface area contributed by atoms with E-state index < -0.39 is 0 Å². The van der Waals surface area contributed by atoms with Crippen LogP contribution in [0.5, 0.6) is 0 Å². The number of rotatable bonds is 4. The van der Waals surface area contributed by atoms with E-state index in [0.717, 1.165) is 10.8 Å². The minimum absolute atomic E-state index is 0.146. The number of anilines is 2. The van der Waals surface area contributed by atoms with Gasteiger partial charge < -0.3 is 16.2 Å². The Morgan fingerprint density at radius 1 is 1.35 bits per heavy atom. The maximum Gasteiger partial charge on any atom is 0.135 e. The van der Waals surface area contributed by atoms with Gasteiger partial charge in [0.15, 0.2) is 0 Å². The smallest absolute Gasteiger partial charge is 0.135 e. The van der Waals surface area contributed by atoms with E-state index >= 15 is 0 Å². The second-order valence-corrected chi connectivity index (χ2v) is 4.13. The Hall–Kier alpha value is -1.52. The van der Waals surface area contributed by atoms with Crippen LogP contribution in [-0.2, 0) is 0 Å².